The second-order valence-corrected chi connectivity index (χ2v) is 7.31. The van der Waals surface area contributed by atoms with E-state index in [0.29, 0.717) is 31.7 Å². The molecule has 3 rings (SSSR count). The summed E-state index contributed by atoms with van der Waals surface area (Å²) in [5.41, 5.74) is 1.63. The van der Waals surface area contributed by atoms with E-state index in [1.807, 2.05) is 0 Å². The summed E-state index contributed by atoms with van der Waals surface area (Å²) in [6, 6.07) is 10.4. The number of nitrogens with one attached hydrogen (secondary N) is 3. The Balaban J connectivity index is 1.74. The molecule has 0 unspecified atom stereocenters. The number of fused-ring (bicyclic) bond motifs is 1. The van der Waals surface area contributed by atoms with Gasteiger partial charge in [0, 0.05) is 10.6 Å². The van der Waals surface area contributed by atoms with Gasteiger partial charge in [0.2, 0.25) is 5.91 Å². The molecular weight excluding hydrogens is 369 g/mol. The Morgan fingerprint density at radius 1 is 1.12 bits per heavy atom. The number of anilines is 1. The van der Waals surface area contributed by atoms with Gasteiger partial charge in [-0.1, -0.05) is 29.3 Å². The molecule has 24 heavy (non-hydrogen) atoms. The number of benzene rings is 2. The molecule has 1 heterocycles. The van der Waals surface area contributed by atoms with Crippen LogP contribution in [0.15, 0.2) is 46.1 Å². The highest BCUT2D eigenvalue weighted by molar-refractivity contribution is 8.00. The van der Waals surface area contributed by atoms with Gasteiger partial charge in [-0.05, 0) is 37.3 Å². The van der Waals surface area contributed by atoms with Gasteiger partial charge in [0.1, 0.15) is 0 Å². The fourth-order valence-electron chi connectivity index (χ4n) is 2.18. The number of carbonyl (C=O) groups is 1. The van der Waals surface area contributed by atoms with Crippen molar-refractivity contribution in [1.29, 1.82) is 0 Å². The molecule has 2 aromatic carbocycles. The van der Waals surface area contributed by atoms with Gasteiger partial charge in [-0.15, -0.1) is 11.8 Å². The van der Waals surface area contributed by atoms with Crippen molar-refractivity contribution in [2.45, 2.75) is 17.1 Å². The highest BCUT2D eigenvalue weighted by Gasteiger charge is 2.18. The zero-order valence-electron chi connectivity index (χ0n) is 12.5. The van der Waals surface area contributed by atoms with E-state index in [9.17, 15) is 9.59 Å². The molecule has 124 valence electrons. The van der Waals surface area contributed by atoms with Crippen LogP contribution in [0.4, 0.5) is 5.69 Å². The smallest absolute Gasteiger partial charge is 0.323 e. The van der Waals surface area contributed by atoms with Crippen molar-refractivity contribution < 1.29 is 4.79 Å². The van der Waals surface area contributed by atoms with E-state index < -0.39 is 5.25 Å². The van der Waals surface area contributed by atoms with E-state index in [2.05, 4.69) is 15.3 Å². The van der Waals surface area contributed by atoms with Crippen molar-refractivity contribution in [3.05, 3.63) is 56.9 Å². The standard InChI is InChI=1S/C16H13Cl2N3O2S/c1-8(24-14-10(17)3-2-4-11(14)18)15(22)19-9-5-6-12-13(7-9)21-16(23)20-12/h2-8H,1H3,(H,19,22)(H2,20,21,23)/t8-/m0/s1. The molecule has 3 aromatic rings. The minimum absolute atomic E-state index is 0.187. The summed E-state index contributed by atoms with van der Waals surface area (Å²) in [5, 5.41) is 3.45. The van der Waals surface area contributed by atoms with E-state index in [1.54, 1.807) is 43.3 Å². The molecule has 1 amide bonds. The monoisotopic (exact) mass is 381 g/mol. The molecule has 0 spiro atoms. The molecule has 3 N–H and O–H groups in total. The largest absolute Gasteiger partial charge is 0.325 e. The fraction of sp³-hybridized carbons (Fsp3) is 0.125. The SMILES string of the molecule is C[C@H](Sc1c(Cl)cccc1Cl)C(=O)Nc1ccc2[nH]c(=O)[nH]c2c1. The summed E-state index contributed by atoms with van der Waals surface area (Å²) >= 11 is 13.6. The number of thioether (sulfide) groups is 1. The number of imidazole rings is 1. The first-order valence-corrected chi connectivity index (χ1v) is 8.71. The highest BCUT2D eigenvalue weighted by atomic mass is 35.5. The molecule has 0 bridgehead atoms. The minimum atomic E-state index is -0.400. The second-order valence-electron chi connectivity index (χ2n) is 5.14. The number of hydrogen-bond donors (Lipinski definition) is 3. The molecule has 8 heteroatoms. The maximum absolute atomic E-state index is 12.4. The number of carbonyl (C=O) groups excluding carboxylic acids is 1. The van der Waals surface area contributed by atoms with Gasteiger partial charge < -0.3 is 15.3 Å². The number of halogens is 2. The Bertz CT molecular complexity index is 947. The lowest BCUT2D eigenvalue weighted by Crippen LogP contribution is -2.22. The van der Waals surface area contributed by atoms with Crippen molar-refractivity contribution in [2.75, 3.05) is 5.32 Å². The van der Waals surface area contributed by atoms with E-state index in [0.717, 1.165) is 0 Å². The summed E-state index contributed by atoms with van der Waals surface area (Å²) in [6.45, 7) is 1.77. The zero-order chi connectivity index (χ0) is 17.3. The number of aromatic nitrogens is 2. The number of hydrogen-bond acceptors (Lipinski definition) is 3. The average molecular weight is 382 g/mol. The lowest BCUT2D eigenvalue weighted by atomic mass is 10.2. The number of rotatable bonds is 4. The molecule has 0 aliphatic carbocycles. The zero-order valence-corrected chi connectivity index (χ0v) is 14.9. The first kappa shape index (κ1) is 17.0. The molecule has 1 atom stereocenters. The Hall–Kier alpha value is -1.89. The van der Waals surface area contributed by atoms with Crippen LogP contribution < -0.4 is 11.0 Å². The molecule has 0 aliphatic rings. The third kappa shape index (κ3) is 3.61. The van der Waals surface area contributed by atoms with Crippen molar-refractivity contribution >= 4 is 57.6 Å². The van der Waals surface area contributed by atoms with Crippen LogP contribution in [0.25, 0.3) is 11.0 Å². The predicted molar refractivity (Wildman–Crippen MR) is 99.3 cm³/mol. The van der Waals surface area contributed by atoms with Crippen LogP contribution in [0.2, 0.25) is 10.0 Å². The van der Waals surface area contributed by atoms with Crippen LogP contribution in [-0.4, -0.2) is 21.1 Å². The third-order valence-corrected chi connectivity index (χ3v) is 5.46. The lowest BCUT2D eigenvalue weighted by molar-refractivity contribution is -0.115. The first-order chi connectivity index (χ1) is 11.4. The minimum Gasteiger partial charge on any atom is -0.325 e. The third-order valence-electron chi connectivity index (χ3n) is 3.37. The molecule has 5 nitrogen and oxygen atoms in total. The highest BCUT2D eigenvalue weighted by Crippen LogP contribution is 2.36. The van der Waals surface area contributed by atoms with Crippen LogP contribution in [0.1, 0.15) is 6.92 Å². The van der Waals surface area contributed by atoms with Crippen LogP contribution in [0.3, 0.4) is 0 Å². The lowest BCUT2D eigenvalue weighted by Gasteiger charge is -2.14. The van der Waals surface area contributed by atoms with Gasteiger partial charge in [0.15, 0.2) is 0 Å². The molecular formula is C16H13Cl2N3O2S. The van der Waals surface area contributed by atoms with Crippen LogP contribution >= 0.6 is 35.0 Å². The summed E-state index contributed by atoms with van der Waals surface area (Å²) in [7, 11) is 0. The molecule has 0 saturated carbocycles. The Morgan fingerprint density at radius 2 is 1.79 bits per heavy atom. The van der Waals surface area contributed by atoms with Crippen molar-refractivity contribution in [3.8, 4) is 0 Å². The van der Waals surface area contributed by atoms with Gasteiger partial charge in [0.05, 0.1) is 26.3 Å². The van der Waals surface area contributed by atoms with E-state index >= 15 is 0 Å². The Kier molecular flexibility index (Phi) is 4.89. The second kappa shape index (κ2) is 6.93. The van der Waals surface area contributed by atoms with Crippen LogP contribution in [0, 0.1) is 0 Å². The average Bonchev–Trinajstić information content (AvgIpc) is 2.90. The number of aromatic amines is 2. The van der Waals surface area contributed by atoms with E-state index in [4.69, 9.17) is 23.2 Å². The Labute approximate surface area is 151 Å². The van der Waals surface area contributed by atoms with Gasteiger partial charge in [-0.2, -0.15) is 0 Å². The topological polar surface area (TPSA) is 77.8 Å². The van der Waals surface area contributed by atoms with Gasteiger partial charge in [0.25, 0.3) is 0 Å². The molecule has 0 aliphatic heterocycles. The summed E-state index contributed by atoms with van der Waals surface area (Å²) < 4.78 is 0. The Morgan fingerprint density at radius 3 is 2.50 bits per heavy atom. The summed E-state index contributed by atoms with van der Waals surface area (Å²) in [5.74, 6) is -0.187. The first-order valence-electron chi connectivity index (χ1n) is 7.07. The maximum Gasteiger partial charge on any atom is 0.323 e. The van der Waals surface area contributed by atoms with Gasteiger partial charge in [-0.3, -0.25) is 4.79 Å². The summed E-state index contributed by atoms with van der Waals surface area (Å²) in [4.78, 5) is 29.6. The predicted octanol–water partition coefficient (Wildman–Crippen LogP) is 4.28. The quantitative estimate of drug-likeness (QED) is 0.590. The van der Waals surface area contributed by atoms with Crippen LogP contribution in [0.5, 0.6) is 0 Å². The molecule has 0 fully saturated rings. The fourth-order valence-corrected chi connectivity index (χ4v) is 3.73. The van der Waals surface area contributed by atoms with Crippen molar-refractivity contribution in [2.24, 2.45) is 0 Å². The summed E-state index contributed by atoms with van der Waals surface area (Å²) in [6.07, 6.45) is 0. The molecule has 1 aromatic heterocycles. The number of H-pyrrole nitrogens is 2. The maximum atomic E-state index is 12.4. The molecule has 0 radical (unpaired) electrons. The van der Waals surface area contributed by atoms with Crippen molar-refractivity contribution in [1.82, 2.24) is 9.97 Å². The van der Waals surface area contributed by atoms with E-state index in [-0.39, 0.29) is 11.6 Å². The van der Waals surface area contributed by atoms with Crippen molar-refractivity contribution in [3.63, 3.8) is 0 Å². The van der Waals surface area contributed by atoms with Gasteiger partial charge >= 0.3 is 5.69 Å². The number of amides is 1. The normalized spacial score (nSPS) is 12.3. The van der Waals surface area contributed by atoms with Gasteiger partial charge in [-0.25, -0.2) is 4.79 Å². The van der Waals surface area contributed by atoms with Crippen LogP contribution in [-0.2, 0) is 4.79 Å². The van der Waals surface area contributed by atoms with E-state index in [1.165, 1.54) is 11.8 Å². The molecule has 0 saturated heterocycles.